The fourth-order valence-electron chi connectivity index (χ4n) is 3.17. The largest absolute Gasteiger partial charge is 0.474 e. The van der Waals surface area contributed by atoms with Gasteiger partial charge in [-0.2, -0.15) is 4.98 Å². The lowest BCUT2D eigenvalue weighted by atomic mass is 9.75. The molecule has 0 radical (unpaired) electrons. The van der Waals surface area contributed by atoms with E-state index in [2.05, 4.69) is 36.2 Å². The number of nitrogens with two attached hydrogens (primary N) is 1. The second kappa shape index (κ2) is 7.07. The van der Waals surface area contributed by atoms with Gasteiger partial charge < -0.3 is 10.2 Å². The van der Waals surface area contributed by atoms with Crippen LogP contribution >= 0.6 is 0 Å². The van der Waals surface area contributed by atoms with Gasteiger partial charge in [0.15, 0.2) is 0 Å². The molecule has 1 fully saturated rings. The molecule has 118 valence electrons. The molecule has 0 aliphatic heterocycles. The Morgan fingerprint density at radius 1 is 1.38 bits per heavy atom. The number of nitrogens with one attached hydrogen (secondary N) is 1. The molecule has 0 spiro atoms. The number of anilines is 1. The summed E-state index contributed by atoms with van der Waals surface area (Å²) in [7, 11) is 0. The van der Waals surface area contributed by atoms with Gasteiger partial charge in [-0.3, -0.25) is 0 Å². The molecule has 0 aromatic carbocycles. The van der Waals surface area contributed by atoms with Crippen molar-refractivity contribution < 1.29 is 4.74 Å². The Labute approximate surface area is 127 Å². The van der Waals surface area contributed by atoms with E-state index in [1.807, 2.05) is 6.92 Å². The van der Waals surface area contributed by atoms with Crippen molar-refractivity contribution in [2.75, 3.05) is 5.43 Å². The highest BCUT2D eigenvalue weighted by Crippen LogP contribution is 2.35. The third-order valence-corrected chi connectivity index (χ3v) is 4.45. The van der Waals surface area contributed by atoms with Gasteiger partial charge in [0.25, 0.3) is 0 Å². The van der Waals surface area contributed by atoms with E-state index in [0.717, 1.165) is 18.7 Å². The average Bonchev–Trinajstić information content (AvgIpc) is 2.46. The molecule has 3 unspecified atom stereocenters. The molecule has 3 atom stereocenters. The molecule has 1 aliphatic rings. The lowest BCUT2D eigenvalue weighted by Crippen LogP contribution is -2.36. The first-order valence-electron chi connectivity index (χ1n) is 8.04. The number of rotatable bonds is 5. The fourth-order valence-corrected chi connectivity index (χ4v) is 3.17. The van der Waals surface area contributed by atoms with Crippen molar-refractivity contribution in [3.63, 3.8) is 0 Å². The van der Waals surface area contributed by atoms with Gasteiger partial charge in [-0.05, 0) is 30.6 Å². The molecule has 2 rings (SSSR count). The molecular weight excluding hydrogens is 264 g/mol. The maximum atomic E-state index is 6.24. The zero-order chi connectivity index (χ0) is 15.4. The summed E-state index contributed by atoms with van der Waals surface area (Å²) in [6.07, 6.45) is 4.62. The van der Waals surface area contributed by atoms with Crippen LogP contribution in [0.25, 0.3) is 0 Å². The molecule has 5 nitrogen and oxygen atoms in total. The monoisotopic (exact) mass is 292 g/mol. The quantitative estimate of drug-likeness (QED) is 0.644. The van der Waals surface area contributed by atoms with Crippen molar-refractivity contribution in [2.24, 2.45) is 23.6 Å². The minimum absolute atomic E-state index is 0.235. The number of aryl methyl sites for hydroxylation is 1. The van der Waals surface area contributed by atoms with Gasteiger partial charge in [-0.25, -0.2) is 10.8 Å². The highest BCUT2D eigenvalue weighted by Gasteiger charge is 2.32. The van der Waals surface area contributed by atoms with Crippen LogP contribution in [0.15, 0.2) is 6.07 Å². The van der Waals surface area contributed by atoms with E-state index >= 15 is 0 Å². The van der Waals surface area contributed by atoms with E-state index in [-0.39, 0.29) is 6.10 Å². The molecule has 0 saturated heterocycles. The summed E-state index contributed by atoms with van der Waals surface area (Å²) in [5.41, 5.74) is 2.59. The number of aromatic nitrogens is 2. The highest BCUT2D eigenvalue weighted by molar-refractivity contribution is 5.37. The maximum Gasteiger partial charge on any atom is 0.219 e. The minimum Gasteiger partial charge on any atom is -0.474 e. The van der Waals surface area contributed by atoms with Gasteiger partial charge in [-0.1, -0.05) is 34.1 Å². The van der Waals surface area contributed by atoms with Crippen LogP contribution in [0.5, 0.6) is 5.88 Å². The Morgan fingerprint density at radius 2 is 2.14 bits per heavy atom. The molecule has 1 heterocycles. The summed E-state index contributed by atoms with van der Waals surface area (Å²) in [6, 6.07) is 1.79. The van der Waals surface area contributed by atoms with Gasteiger partial charge in [-0.15, -0.1) is 0 Å². The Morgan fingerprint density at radius 3 is 2.76 bits per heavy atom. The molecular formula is C16H28N4O. The number of nitrogens with zero attached hydrogens (tertiary/aromatic N) is 2. The maximum absolute atomic E-state index is 6.24. The van der Waals surface area contributed by atoms with Crippen molar-refractivity contribution in [2.45, 2.75) is 59.5 Å². The minimum atomic E-state index is 0.235. The van der Waals surface area contributed by atoms with Crippen molar-refractivity contribution >= 4 is 5.82 Å². The van der Waals surface area contributed by atoms with Gasteiger partial charge in [0.05, 0.1) is 0 Å². The topological polar surface area (TPSA) is 73.1 Å². The zero-order valence-electron chi connectivity index (χ0n) is 13.6. The van der Waals surface area contributed by atoms with E-state index in [1.165, 1.54) is 12.8 Å². The second-order valence-electron chi connectivity index (χ2n) is 6.49. The standard InChI is InChI=1S/C16H28N4O/c1-5-14-18-15(20-17)9-16(19-14)21-13-8-11(4)6-7-12(13)10(2)3/h9-13H,5-8,17H2,1-4H3,(H,18,19,20). The summed E-state index contributed by atoms with van der Waals surface area (Å²) in [6.45, 7) is 8.89. The second-order valence-corrected chi connectivity index (χ2v) is 6.49. The summed E-state index contributed by atoms with van der Waals surface area (Å²) < 4.78 is 6.24. The molecule has 0 bridgehead atoms. The molecule has 21 heavy (non-hydrogen) atoms. The Balaban J connectivity index is 2.17. The smallest absolute Gasteiger partial charge is 0.219 e. The summed E-state index contributed by atoms with van der Waals surface area (Å²) in [5, 5.41) is 0. The molecule has 1 aromatic rings. The van der Waals surface area contributed by atoms with Crippen LogP contribution in [0.1, 0.15) is 52.8 Å². The average molecular weight is 292 g/mol. The first-order chi connectivity index (χ1) is 10.0. The summed E-state index contributed by atoms with van der Waals surface area (Å²) in [4.78, 5) is 8.79. The molecule has 1 aliphatic carbocycles. The molecule has 0 amide bonds. The normalized spacial score (nSPS) is 25.9. The van der Waals surface area contributed by atoms with E-state index in [0.29, 0.717) is 29.5 Å². The fraction of sp³-hybridized carbons (Fsp3) is 0.750. The van der Waals surface area contributed by atoms with Crippen LogP contribution in [0.4, 0.5) is 5.82 Å². The Hall–Kier alpha value is -1.36. The molecule has 1 saturated carbocycles. The van der Waals surface area contributed by atoms with Crippen molar-refractivity contribution in [1.29, 1.82) is 0 Å². The highest BCUT2D eigenvalue weighted by atomic mass is 16.5. The van der Waals surface area contributed by atoms with Gasteiger partial charge >= 0.3 is 0 Å². The third-order valence-electron chi connectivity index (χ3n) is 4.45. The Bertz CT molecular complexity index is 441. The van der Waals surface area contributed by atoms with Crippen LogP contribution in [0.3, 0.4) is 0 Å². The van der Waals surface area contributed by atoms with Crippen LogP contribution in [-0.2, 0) is 6.42 Å². The van der Waals surface area contributed by atoms with E-state index in [9.17, 15) is 0 Å². The van der Waals surface area contributed by atoms with Crippen molar-refractivity contribution in [3.8, 4) is 5.88 Å². The first-order valence-corrected chi connectivity index (χ1v) is 8.04. The molecule has 5 heteroatoms. The van der Waals surface area contributed by atoms with E-state index in [1.54, 1.807) is 6.07 Å². The van der Waals surface area contributed by atoms with Crippen molar-refractivity contribution in [3.05, 3.63) is 11.9 Å². The van der Waals surface area contributed by atoms with Crippen LogP contribution < -0.4 is 16.0 Å². The number of ether oxygens (including phenoxy) is 1. The van der Waals surface area contributed by atoms with Crippen LogP contribution in [0.2, 0.25) is 0 Å². The van der Waals surface area contributed by atoms with Crippen LogP contribution in [0, 0.1) is 17.8 Å². The predicted molar refractivity (Wildman–Crippen MR) is 85.0 cm³/mol. The zero-order valence-corrected chi connectivity index (χ0v) is 13.6. The number of nitrogen functional groups attached to an aromatic ring is 1. The molecule has 1 aromatic heterocycles. The predicted octanol–water partition coefficient (Wildman–Crippen LogP) is 3.16. The number of hydrogen-bond donors (Lipinski definition) is 2. The lowest BCUT2D eigenvalue weighted by molar-refractivity contribution is 0.0424. The third kappa shape index (κ3) is 4.06. The lowest BCUT2D eigenvalue weighted by Gasteiger charge is -2.37. The van der Waals surface area contributed by atoms with Gasteiger partial charge in [0.2, 0.25) is 5.88 Å². The van der Waals surface area contributed by atoms with E-state index < -0.39 is 0 Å². The number of hydrogen-bond acceptors (Lipinski definition) is 5. The van der Waals surface area contributed by atoms with Crippen molar-refractivity contribution in [1.82, 2.24) is 9.97 Å². The van der Waals surface area contributed by atoms with Gasteiger partial charge in [0.1, 0.15) is 17.7 Å². The SMILES string of the molecule is CCc1nc(NN)cc(OC2CC(C)CCC2C(C)C)n1. The Kier molecular flexibility index (Phi) is 5.39. The summed E-state index contributed by atoms with van der Waals surface area (Å²) >= 11 is 0. The molecule has 3 N–H and O–H groups in total. The van der Waals surface area contributed by atoms with Gasteiger partial charge in [0, 0.05) is 12.5 Å². The number of hydrazine groups is 1. The van der Waals surface area contributed by atoms with Crippen LogP contribution in [-0.4, -0.2) is 16.1 Å². The van der Waals surface area contributed by atoms with E-state index in [4.69, 9.17) is 10.6 Å². The summed E-state index contributed by atoms with van der Waals surface area (Å²) in [5.74, 6) is 9.42. The first kappa shape index (κ1) is 16.0.